The van der Waals surface area contributed by atoms with Crippen LogP contribution in [0.15, 0.2) is 42.5 Å². The van der Waals surface area contributed by atoms with E-state index in [1.54, 1.807) is 18.2 Å². The highest BCUT2D eigenvalue weighted by atomic mass is 16.7. The van der Waals surface area contributed by atoms with E-state index >= 15 is 0 Å². The van der Waals surface area contributed by atoms with Crippen molar-refractivity contribution >= 4 is 17.3 Å². The lowest BCUT2D eigenvalue weighted by Gasteiger charge is -2.15. The van der Waals surface area contributed by atoms with Gasteiger partial charge in [-0.2, -0.15) is 0 Å². The first-order chi connectivity index (χ1) is 12.1. The lowest BCUT2D eigenvalue weighted by Crippen LogP contribution is -2.16. The molecule has 0 aromatic heterocycles. The monoisotopic (exact) mass is 342 g/mol. The number of hydrogen-bond donors (Lipinski definition) is 2. The van der Waals surface area contributed by atoms with Crippen molar-refractivity contribution in [1.82, 2.24) is 0 Å². The van der Waals surface area contributed by atoms with Gasteiger partial charge in [-0.25, -0.2) is 0 Å². The maximum atomic E-state index is 12.1. The van der Waals surface area contributed by atoms with Gasteiger partial charge in [0.25, 0.3) is 0 Å². The highest BCUT2D eigenvalue weighted by Crippen LogP contribution is 2.34. The fourth-order valence-electron chi connectivity index (χ4n) is 2.48. The van der Waals surface area contributed by atoms with E-state index in [9.17, 15) is 4.79 Å². The fraction of sp³-hybridized carbons (Fsp3) is 0.316. The molecule has 6 nitrogen and oxygen atoms in total. The van der Waals surface area contributed by atoms with E-state index in [-0.39, 0.29) is 18.8 Å². The summed E-state index contributed by atoms with van der Waals surface area (Å²) in [5, 5.41) is 6.11. The minimum Gasteiger partial charge on any atom is -0.489 e. The summed E-state index contributed by atoms with van der Waals surface area (Å²) < 4.78 is 16.3. The number of rotatable bonds is 7. The molecule has 0 fully saturated rings. The topological polar surface area (TPSA) is 68.8 Å². The Hall–Kier alpha value is -2.89. The molecule has 1 amide bonds. The zero-order valence-electron chi connectivity index (χ0n) is 14.4. The van der Waals surface area contributed by atoms with Crippen molar-refractivity contribution < 1.29 is 19.0 Å². The Morgan fingerprint density at radius 1 is 1.16 bits per heavy atom. The normalized spacial score (nSPS) is 12.1. The summed E-state index contributed by atoms with van der Waals surface area (Å²) in [6.45, 7) is 4.69. The van der Waals surface area contributed by atoms with Crippen LogP contribution in [0.3, 0.4) is 0 Å². The van der Waals surface area contributed by atoms with E-state index in [4.69, 9.17) is 14.2 Å². The van der Waals surface area contributed by atoms with Crippen LogP contribution < -0.4 is 24.8 Å². The third-order valence-electron chi connectivity index (χ3n) is 3.57. The second-order valence-electron chi connectivity index (χ2n) is 5.96. The highest BCUT2D eigenvalue weighted by molar-refractivity contribution is 5.91. The average molecular weight is 342 g/mol. The lowest BCUT2D eigenvalue weighted by atomic mass is 10.2. The van der Waals surface area contributed by atoms with Gasteiger partial charge in [-0.15, -0.1) is 0 Å². The van der Waals surface area contributed by atoms with E-state index in [1.807, 2.05) is 38.1 Å². The summed E-state index contributed by atoms with van der Waals surface area (Å²) >= 11 is 0. The number of anilines is 2. The number of para-hydroxylation sites is 2. The molecule has 2 aromatic carbocycles. The predicted molar refractivity (Wildman–Crippen MR) is 96.5 cm³/mol. The van der Waals surface area contributed by atoms with Crippen LogP contribution in [0.5, 0.6) is 17.2 Å². The van der Waals surface area contributed by atoms with Gasteiger partial charge in [0.15, 0.2) is 11.5 Å². The Morgan fingerprint density at radius 2 is 1.96 bits per heavy atom. The van der Waals surface area contributed by atoms with E-state index in [0.29, 0.717) is 30.2 Å². The van der Waals surface area contributed by atoms with Gasteiger partial charge < -0.3 is 24.8 Å². The number of amides is 1. The first-order valence-corrected chi connectivity index (χ1v) is 8.31. The van der Waals surface area contributed by atoms with Gasteiger partial charge in [0.1, 0.15) is 5.75 Å². The van der Waals surface area contributed by atoms with E-state index in [0.717, 1.165) is 11.4 Å². The standard InChI is InChI=1S/C19H22N2O4/c1-13(2)25-16-6-4-3-5-15(16)20-10-9-19(22)21-14-7-8-17-18(11-14)24-12-23-17/h3-8,11,13,20H,9-10,12H2,1-2H3,(H,21,22). The zero-order chi connectivity index (χ0) is 17.6. The first kappa shape index (κ1) is 17.0. The molecule has 0 saturated heterocycles. The molecule has 0 bridgehead atoms. The summed E-state index contributed by atoms with van der Waals surface area (Å²) in [7, 11) is 0. The van der Waals surface area contributed by atoms with Crippen LogP contribution in [-0.2, 0) is 4.79 Å². The minimum absolute atomic E-state index is 0.0753. The molecular formula is C19H22N2O4. The first-order valence-electron chi connectivity index (χ1n) is 8.31. The number of carbonyl (C=O) groups excluding carboxylic acids is 1. The van der Waals surface area contributed by atoms with Gasteiger partial charge in [0, 0.05) is 24.7 Å². The lowest BCUT2D eigenvalue weighted by molar-refractivity contribution is -0.115. The highest BCUT2D eigenvalue weighted by Gasteiger charge is 2.14. The molecule has 1 aliphatic rings. The van der Waals surface area contributed by atoms with Crippen molar-refractivity contribution in [1.29, 1.82) is 0 Å². The summed E-state index contributed by atoms with van der Waals surface area (Å²) in [5.41, 5.74) is 1.57. The van der Waals surface area contributed by atoms with Gasteiger partial charge in [-0.1, -0.05) is 12.1 Å². The van der Waals surface area contributed by atoms with Crippen LogP contribution in [-0.4, -0.2) is 25.3 Å². The molecule has 1 heterocycles. The number of hydrogen-bond acceptors (Lipinski definition) is 5. The Bertz CT molecular complexity index is 746. The molecular weight excluding hydrogens is 320 g/mol. The van der Waals surface area contributed by atoms with Crippen LogP contribution >= 0.6 is 0 Å². The zero-order valence-corrected chi connectivity index (χ0v) is 14.4. The molecule has 0 spiro atoms. The maximum absolute atomic E-state index is 12.1. The van der Waals surface area contributed by atoms with Crippen LogP contribution in [0.4, 0.5) is 11.4 Å². The Balaban J connectivity index is 1.50. The summed E-state index contributed by atoms with van der Waals surface area (Å²) in [4.78, 5) is 12.1. The van der Waals surface area contributed by atoms with Gasteiger partial charge in [0.2, 0.25) is 12.7 Å². The Kier molecular flexibility index (Phi) is 5.28. The summed E-state index contributed by atoms with van der Waals surface area (Å²) in [6.07, 6.45) is 0.432. The molecule has 0 aliphatic carbocycles. The molecule has 0 saturated carbocycles. The Labute approximate surface area is 147 Å². The molecule has 132 valence electrons. The van der Waals surface area contributed by atoms with Crippen LogP contribution in [0.2, 0.25) is 0 Å². The smallest absolute Gasteiger partial charge is 0.231 e. The quantitative estimate of drug-likeness (QED) is 0.804. The average Bonchev–Trinajstić information content (AvgIpc) is 3.03. The second-order valence-corrected chi connectivity index (χ2v) is 5.96. The molecule has 6 heteroatoms. The van der Waals surface area contributed by atoms with Crippen molar-refractivity contribution in [3.05, 3.63) is 42.5 Å². The van der Waals surface area contributed by atoms with E-state index < -0.39 is 0 Å². The number of carbonyl (C=O) groups is 1. The van der Waals surface area contributed by atoms with Crippen molar-refractivity contribution in [2.75, 3.05) is 24.0 Å². The molecule has 0 radical (unpaired) electrons. The number of fused-ring (bicyclic) bond motifs is 1. The minimum atomic E-state index is -0.0753. The third-order valence-corrected chi connectivity index (χ3v) is 3.57. The predicted octanol–water partition coefficient (Wildman–Crippen LogP) is 3.64. The second kappa shape index (κ2) is 7.79. The van der Waals surface area contributed by atoms with Gasteiger partial charge >= 0.3 is 0 Å². The van der Waals surface area contributed by atoms with E-state index in [1.165, 1.54) is 0 Å². The maximum Gasteiger partial charge on any atom is 0.231 e. The van der Waals surface area contributed by atoms with Crippen LogP contribution in [0.1, 0.15) is 20.3 Å². The van der Waals surface area contributed by atoms with Gasteiger partial charge in [0.05, 0.1) is 11.8 Å². The molecule has 2 N–H and O–H groups in total. The third kappa shape index (κ3) is 4.56. The largest absolute Gasteiger partial charge is 0.489 e. The van der Waals surface area contributed by atoms with Crippen molar-refractivity contribution in [2.24, 2.45) is 0 Å². The van der Waals surface area contributed by atoms with Crippen molar-refractivity contribution in [3.8, 4) is 17.2 Å². The summed E-state index contributed by atoms with van der Waals surface area (Å²) in [6, 6.07) is 13.1. The fourth-order valence-corrected chi connectivity index (χ4v) is 2.48. The van der Waals surface area contributed by atoms with E-state index in [2.05, 4.69) is 10.6 Å². The van der Waals surface area contributed by atoms with Gasteiger partial charge in [-0.3, -0.25) is 4.79 Å². The number of nitrogens with one attached hydrogen (secondary N) is 2. The van der Waals surface area contributed by atoms with Crippen molar-refractivity contribution in [2.45, 2.75) is 26.4 Å². The molecule has 0 atom stereocenters. The molecule has 0 unspecified atom stereocenters. The van der Waals surface area contributed by atoms with Crippen LogP contribution in [0, 0.1) is 0 Å². The summed E-state index contributed by atoms with van der Waals surface area (Å²) in [5.74, 6) is 2.06. The molecule has 25 heavy (non-hydrogen) atoms. The van der Waals surface area contributed by atoms with Gasteiger partial charge in [-0.05, 0) is 38.1 Å². The molecule has 1 aliphatic heterocycles. The number of benzene rings is 2. The molecule has 3 rings (SSSR count). The Morgan fingerprint density at radius 3 is 2.80 bits per heavy atom. The van der Waals surface area contributed by atoms with Crippen molar-refractivity contribution in [3.63, 3.8) is 0 Å². The molecule has 2 aromatic rings. The SMILES string of the molecule is CC(C)Oc1ccccc1NCCC(=O)Nc1ccc2c(c1)OCO2. The number of ether oxygens (including phenoxy) is 3. The van der Waals surface area contributed by atoms with Crippen LogP contribution in [0.25, 0.3) is 0 Å².